The van der Waals surface area contributed by atoms with Crippen molar-refractivity contribution in [2.24, 2.45) is 0 Å². The number of nitrogens with one attached hydrogen (secondary N) is 4. The summed E-state index contributed by atoms with van der Waals surface area (Å²) in [5.41, 5.74) is 6.70. The van der Waals surface area contributed by atoms with Crippen LogP contribution in [0.15, 0.2) is 48.5 Å². The molecule has 1 amide bonds. The first-order chi connectivity index (χ1) is 11.5. The van der Waals surface area contributed by atoms with Crippen molar-refractivity contribution in [2.75, 3.05) is 10.6 Å². The van der Waals surface area contributed by atoms with Crippen molar-refractivity contribution in [3.63, 3.8) is 0 Å². The van der Waals surface area contributed by atoms with E-state index in [2.05, 4.69) is 21.5 Å². The smallest absolute Gasteiger partial charge is 0.260 e. The molecule has 0 heterocycles. The van der Waals surface area contributed by atoms with Gasteiger partial charge in [0.2, 0.25) is 0 Å². The van der Waals surface area contributed by atoms with Crippen molar-refractivity contribution >= 4 is 57.8 Å². The Hall–Kier alpha value is -2.02. The molecular weight excluding hydrogens is 367 g/mol. The lowest BCUT2D eigenvalue weighted by atomic mass is 10.2. The largest absolute Gasteiger partial charge is 0.374 e. The minimum atomic E-state index is -0.505. The van der Waals surface area contributed by atoms with Crippen LogP contribution in [0.2, 0.25) is 10.0 Å². The Morgan fingerprint density at radius 2 is 1.71 bits per heavy atom. The van der Waals surface area contributed by atoms with Gasteiger partial charge in [-0.15, -0.1) is 0 Å². The van der Waals surface area contributed by atoms with Crippen LogP contribution in [0.25, 0.3) is 0 Å². The third kappa shape index (κ3) is 5.56. The van der Waals surface area contributed by atoms with Gasteiger partial charge in [-0.25, -0.2) is 0 Å². The van der Waals surface area contributed by atoms with E-state index in [-0.39, 0.29) is 11.0 Å². The van der Waals surface area contributed by atoms with Crippen LogP contribution in [-0.4, -0.2) is 17.1 Å². The van der Waals surface area contributed by atoms with Crippen molar-refractivity contribution < 1.29 is 4.79 Å². The summed E-state index contributed by atoms with van der Waals surface area (Å²) in [6.07, 6.45) is 0. The molecule has 0 aliphatic carbocycles. The quantitative estimate of drug-likeness (QED) is 0.478. The van der Waals surface area contributed by atoms with Crippen LogP contribution in [0.3, 0.4) is 0 Å². The molecule has 2 aromatic rings. The molecule has 0 spiro atoms. The molecule has 0 aromatic heterocycles. The number of carbonyl (C=O) groups is 1. The number of thiocarbonyl (C=S) groups is 1. The van der Waals surface area contributed by atoms with Gasteiger partial charge in [-0.3, -0.25) is 15.6 Å². The summed E-state index contributed by atoms with van der Waals surface area (Å²) < 4.78 is 0. The average Bonchev–Trinajstić information content (AvgIpc) is 2.57. The van der Waals surface area contributed by atoms with Crippen LogP contribution in [-0.2, 0) is 4.79 Å². The standard InChI is InChI=1S/C16H16Cl2N4OS/c1-10(19-12-7-8-13(17)14(18)9-12)15(23)21-22-16(24)20-11-5-3-2-4-6-11/h2-10,19H,1H3,(H,21,23)(H2,20,22,24)/t10-/m1/s1. The molecule has 0 radical (unpaired) electrons. The molecule has 4 N–H and O–H groups in total. The topological polar surface area (TPSA) is 65.2 Å². The minimum Gasteiger partial charge on any atom is -0.374 e. The molecule has 0 saturated heterocycles. The molecule has 0 aliphatic rings. The molecule has 1 atom stereocenters. The van der Waals surface area contributed by atoms with E-state index in [4.69, 9.17) is 35.4 Å². The number of anilines is 2. The zero-order chi connectivity index (χ0) is 17.5. The van der Waals surface area contributed by atoms with Crippen LogP contribution in [0.5, 0.6) is 0 Å². The van der Waals surface area contributed by atoms with Crippen LogP contribution < -0.4 is 21.5 Å². The minimum absolute atomic E-state index is 0.279. The van der Waals surface area contributed by atoms with Crippen LogP contribution >= 0.6 is 35.4 Å². The summed E-state index contributed by atoms with van der Waals surface area (Å²) in [6.45, 7) is 1.72. The fraction of sp³-hybridized carbons (Fsp3) is 0.125. The average molecular weight is 383 g/mol. The number of hydrogen-bond acceptors (Lipinski definition) is 3. The summed E-state index contributed by atoms with van der Waals surface area (Å²) in [7, 11) is 0. The highest BCUT2D eigenvalue weighted by Crippen LogP contribution is 2.25. The van der Waals surface area contributed by atoms with Gasteiger partial charge in [0.15, 0.2) is 5.11 Å². The second-order valence-electron chi connectivity index (χ2n) is 4.93. The van der Waals surface area contributed by atoms with Gasteiger partial charge in [0.05, 0.1) is 10.0 Å². The van der Waals surface area contributed by atoms with Crippen LogP contribution in [0.1, 0.15) is 6.92 Å². The Morgan fingerprint density at radius 3 is 2.38 bits per heavy atom. The maximum Gasteiger partial charge on any atom is 0.260 e. The molecule has 5 nitrogen and oxygen atoms in total. The third-order valence-corrected chi connectivity index (χ3v) is 3.97. The van der Waals surface area contributed by atoms with E-state index in [9.17, 15) is 4.79 Å². The van der Waals surface area contributed by atoms with Gasteiger partial charge in [-0.1, -0.05) is 41.4 Å². The fourth-order valence-electron chi connectivity index (χ4n) is 1.81. The maximum absolute atomic E-state index is 12.1. The lowest BCUT2D eigenvalue weighted by Gasteiger charge is -2.17. The second kappa shape index (κ2) is 8.73. The predicted octanol–water partition coefficient (Wildman–Crippen LogP) is 3.81. The third-order valence-electron chi connectivity index (χ3n) is 3.03. The van der Waals surface area contributed by atoms with Gasteiger partial charge in [-0.05, 0) is 49.5 Å². The Kier molecular flexibility index (Phi) is 6.66. The van der Waals surface area contributed by atoms with Gasteiger partial charge < -0.3 is 10.6 Å². The number of amides is 1. The fourth-order valence-corrected chi connectivity index (χ4v) is 2.28. The molecule has 0 fully saturated rings. The highest BCUT2D eigenvalue weighted by Gasteiger charge is 2.13. The number of halogens is 2. The van der Waals surface area contributed by atoms with E-state index >= 15 is 0 Å². The Morgan fingerprint density at radius 1 is 1.00 bits per heavy atom. The number of benzene rings is 2. The molecular formula is C16H16Cl2N4OS. The molecule has 0 saturated carbocycles. The number of carbonyl (C=O) groups excluding carboxylic acids is 1. The van der Waals surface area contributed by atoms with Crippen LogP contribution in [0, 0.1) is 0 Å². The van der Waals surface area contributed by atoms with Crippen molar-refractivity contribution in [1.82, 2.24) is 10.9 Å². The first-order valence-corrected chi connectivity index (χ1v) is 8.25. The Balaban J connectivity index is 1.80. The van der Waals surface area contributed by atoms with Crippen molar-refractivity contribution in [3.8, 4) is 0 Å². The SMILES string of the molecule is C[C@@H](Nc1ccc(Cl)c(Cl)c1)C(=O)NNC(=S)Nc1ccccc1. The lowest BCUT2D eigenvalue weighted by molar-refractivity contribution is -0.122. The Bertz CT molecular complexity index is 727. The predicted molar refractivity (Wildman–Crippen MR) is 103 cm³/mol. The molecule has 126 valence electrons. The van der Waals surface area contributed by atoms with E-state index in [0.717, 1.165) is 5.69 Å². The summed E-state index contributed by atoms with van der Waals surface area (Å²) in [6, 6.07) is 14.0. The molecule has 8 heteroatoms. The number of para-hydroxylation sites is 1. The van der Waals surface area contributed by atoms with E-state index < -0.39 is 6.04 Å². The van der Waals surface area contributed by atoms with E-state index in [1.54, 1.807) is 25.1 Å². The number of hydrogen-bond donors (Lipinski definition) is 4. The van der Waals surface area contributed by atoms with Crippen molar-refractivity contribution in [2.45, 2.75) is 13.0 Å². The van der Waals surface area contributed by atoms with Gasteiger partial charge in [0.25, 0.3) is 5.91 Å². The molecule has 24 heavy (non-hydrogen) atoms. The Labute approximate surface area is 155 Å². The van der Waals surface area contributed by atoms with Gasteiger partial charge in [0, 0.05) is 11.4 Å². The molecule has 2 rings (SSSR count). The van der Waals surface area contributed by atoms with Gasteiger partial charge in [-0.2, -0.15) is 0 Å². The van der Waals surface area contributed by atoms with Crippen molar-refractivity contribution in [1.29, 1.82) is 0 Å². The summed E-state index contributed by atoms with van der Waals surface area (Å²) in [4.78, 5) is 12.1. The van der Waals surface area contributed by atoms with Gasteiger partial charge in [0.1, 0.15) is 6.04 Å². The molecule has 2 aromatic carbocycles. The highest BCUT2D eigenvalue weighted by atomic mass is 35.5. The van der Waals surface area contributed by atoms with Gasteiger partial charge >= 0.3 is 0 Å². The number of rotatable bonds is 4. The highest BCUT2D eigenvalue weighted by molar-refractivity contribution is 7.80. The summed E-state index contributed by atoms with van der Waals surface area (Å²) in [5, 5.41) is 7.14. The normalized spacial score (nSPS) is 11.3. The monoisotopic (exact) mass is 382 g/mol. The number of hydrazine groups is 1. The second-order valence-corrected chi connectivity index (χ2v) is 6.15. The first kappa shape index (κ1) is 18.3. The maximum atomic E-state index is 12.1. The molecule has 0 bridgehead atoms. The van der Waals surface area contributed by atoms with E-state index in [0.29, 0.717) is 15.7 Å². The van der Waals surface area contributed by atoms with Crippen LogP contribution in [0.4, 0.5) is 11.4 Å². The summed E-state index contributed by atoms with van der Waals surface area (Å²) in [5.74, 6) is -0.279. The zero-order valence-corrected chi connectivity index (χ0v) is 15.1. The first-order valence-electron chi connectivity index (χ1n) is 7.09. The summed E-state index contributed by atoms with van der Waals surface area (Å²) >= 11 is 16.9. The molecule has 0 aliphatic heterocycles. The van der Waals surface area contributed by atoms with E-state index in [1.165, 1.54) is 0 Å². The van der Waals surface area contributed by atoms with Crippen molar-refractivity contribution in [3.05, 3.63) is 58.6 Å². The molecule has 0 unspecified atom stereocenters. The zero-order valence-electron chi connectivity index (χ0n) is 12.8. The lowest BCUT2D eigenvalue weighted by Crippen LogP contribution is -2.49. The van der Waals surface area contributed by atoms with E-state index in [1.807, 2.05) is 30.3 Å².